The lowest BCUT2D eigenvalue weighted by atomic mass is 10.1. The predicted molar refractivity (Wildman–Crippen MR) is 107 cm³/mol. The lowest BCUT2D eigenvalue weighted by molar-refractivity contribution is 0.373. The minimum absolute atomic E-state index is 0.164. The first-order valence-electron chi connectivity index (χ1n) is 9.05. The van der Waals surface area contributed by atoms with Crippen molar-refractivity contribution in [1.82, 2.24) is 29.6 Å². The van der Waals surface area contributed by atoms with Gasteiger partial charge in [-0.2, -0.15) is 5.10 Å². The Labute approximate surface area is 162 Å². The first-order chi connectivity index (χ1) is 13.5. The Hall–Kier alpha value is -3.10. The van der Waals surface area contributed by atoms with Crippen molar-refractivity contribution in [3.05, 3.63) is 54.4 Å². The molecule has 0 spiro atoms. The van der Waals surface area contributed by atoms with Crippen molar-refractivity contribution in [2.45, 2.75) is 13.1 Å². The van der Waals surface area contributed by atoms with Gasteiger partial charge in [-0.3, -0.25) is 4.68 Å². The van der Waals surface area contributed by atoms with E-state index in [0.717, 1.165) is 29.7 Å². The molecule has 0 atom stereocenters. The van der Waals surface area contributed by atoms with Crippen LogP contribution in [0, 0.1) is 5.82 Å². The first kappa shape index (κ1) is 18.3. The summed E-state index contributed by atoms with van der Waals surface area (Å²) in [4.78, 5) is 14.1. The molecule has 0 aliphatic rings. The summed E-state index contributed by atoms with van der Waals surface area (Å²) in [5, 5.41) is 5.25. The van der Waals surface area contributed by atoms with Crippen molar-refractivity contribution >= 4 is 11.0 Å². The summed E-state index contributed by atoms with van der Waals surface area (Å²) in [5.41, 5.74) is 9.96. The van der Waals surface area contributed by atoms with Gasteiger partial charge < -0.3 is 15.6 Å². The second-order valence-corrected chi connectivity index (χ2v) is 6.97. The monoisotopic (exact) mass is 379 g/mol. The largest absolute Gasteiger partial charge is 0.339 e. The molecule has 0 bridgehead atoms. The van der Waals surface area contributed by atoms with Crippen molar-refractivity contribution in [2.75, 3.05) is 20.6 Å². The maximum atomic E-state index is 14.2. The van der Waals surface area contributed by atoms with Crippen LogP contribution in [0.5, 0.6) is 0 Å². The minimum atomic E-state index is -0.329. The highest BCUT2D eigenvalue weighted by atomic mass is 19.1. The highest BCUT2D eigenvalue weighted by molar-refractivity contribution is 5.94. The van der Waals surface area contributed by atoms with Crippen molar-refractivity contribution in [1.29, 1.82) is 0 Å². The maximum absolute atomic E-state index is 14.2. The molecule has 7 nitrogen and oxygen atoms in total. The highest BCUT2D eigenvalue weighted by Crippen LogP contribution is 2.30. The van der Waals surface area contributed by atoms with Crippen LogP contribution in [-0.4, -0.2) is 50.3 Å². The van der Waals surface area contributed by atoms with Crippen LogP contribution < -0.4 is 5.73 Å². The molecule has 0 fully saturated rings. The number of aromatic nitrogens is 5. The van der Waals surface area contributed by atoms with Crippen molar-refractivity contribution in [2.24, 2.45) is 5.73 Å². The van der Waals surface area contributed by atoms with E-state index in [0.29, 0.717) is 22.5 Å². The summed E-state index contributed by atoms with van der Waals surface area (Å²) >= 11 is 0. The second kappa shape index (κ2) is 7.49. The molecule has 0 aliphatic carbocycles. The second-order valence-electron chi connectivity index (χ2n) is 6.97. The third kappa shape index (κ3) is 3.51. The Morgan fingerprint density at radius 2 is 2.04 bits per heavy atom. The fraction of sp³-hybridized carbons (Fsp3) is 0.250. The number of benzene rings is 1. The molecule has 3 aromatic heterocycles. The van der Waals surface area contributed by atoms with Crippen LogP contribution >= 0.6 is 0 Å². The van der Waals surface area contributed by atoms with Crippen LogP contribution in [-0.2, 0) is 13.1 Å². The molecule has 3 N–H and O–H groups in total. The summed E-state index contributed by atoms with van der Waals surface area (Å²) in [5.74, 6) is -0.329. The highest BCUT2D eigenvalue weighted by Gasteiger charge is 2.13. The number of fused-ring (bicyclic) bond motifs is 1. The SMILES string of the molecule is CN(C)CCn1cc(-c2cc3c(-c4ccc(CN)c(F)c4)ncnc3[nH]2)cn1. The molecule has 4 aromatic rings. The number of hydrogen-bond donors (Lipinski definition) is 2. The number of hydrogen-bond acceptors (Lipinski definition) is 5. The van der Waals surface area contributed by atoms with E-state index in [1.54, 1.807) is 6.07 Å². The standard InChI is InChI=1S/C20H22FN7/c1-27(2)5-6-28-11-15(10-25-28)18-8-16-19(23-12-24-20(16)26-18)13-3-4-14(9-22)17(21)7-13/h3-4,7-8,10-12H,5-6,9,22H2,1-2H3,(H,23,24,26). The van der Waals surface area contributed by atoms with E-state index in [-0.39, 0.29) is 12.4 Å². The van der Waals surface area contributed by atoms with E-state index < -0.39 is 0 Å². The molecule has 0 saturated heterocycles. The fourth-order valence-corrected chi connectivity index (χ4v) is 3.11. The third-order valence-electron chi connectivity index (χ3n) is 4.69. The van der Waals surface area contributed by atoms with Crippen molar-refractivity contribution in [3.8, 4) is 22.5 Å². The van der Waals surface area contributed by atoms with Gasteiger partial charge in [0.25, 0.3) is 0 Å². The quantitative estimate of drug-likeness (QED) is 0.538. The summed E-state index contributed by atoms with van der Waals surface area (Å²) in [6.45, 7) is 1.89. The normalized spacial score (nSPS) is 11.6. The van der Waals surface area contributed by atoms with Gasteiger partial charge >= 0.3 is 0 Å². The Balaban J connectivity index is 1.70. The van der Waals surface area contributed by atoms with Crippen LogP contribution in [0.1, 0.15) is 5.56 Å². The molecule has 8 heteroatoms. The average molecular weight is 379 g/mol. The Kier molecular flexibility index (Phi) is 4.89. The molecule has 0 radical (unpaired) electrons. The molecular weight excluding hydrogens is 357 g/mol. The molecule has 144 valence electrons. The van der Waals surface area contributed by atoms with Crippen LogP contribution in [0.2, 0.25) is 0 Å². The molecule has 4 rings (SSSR count). The zero-order chi connectivity index (χ0) is 19.7. The van der Waals surface area contributed by atoms with Gasteiger partial charge in [-0.1, -0.05) is 12.1 Å². The summed E-state index contributed by atoms with van der Waals surface area (Å²) in [6, 6.07) is 6.97. The Morgan fingerprint density at radius 1 is 1.18 bits per heavy atom. The van der Waals surface area contributed by atoms with Gasteiger partial charge in [0.05, 0.1) is 24.1 Å². The molecule has 0 amide bonds. The van der Waals surface area contributed by atoms with Gasteiger partial charge in [0.1, 0.15) is 17.8 Å². The van der Waals surface area contributed by atoms with Gasteiger partial charge in [0.2, 0.25) is 0 Å². The van der Waals surface area contributed by atoms with Crippen LogP contribution in [0.3, 0.4) is 0 Å². The van der Waals surface area contributed by atoms with Crippen molar-refractivity contribution < 1.29 is 4.39 Å². The first-order valence-corrected chi connectivity index (χ1v) is 9.05. The van der Waals surface area contributed by atoms with Gasteiger partial charge in [0.15, 0.2) is 0 Å². The van der Waals surface area contributed by atoms with E-state index in [2.05, 4.69) is 25.0 Å². The maximum Gasteiger partial charge on any atom is 0.141 e. The lowest BCUT2D eigenvalue weighted by Crippen LogP contribution is -2.18. The predicted octanol–water partition coefficient (Wildman–Crippen LogP) is 2.65. The molecule has 0 unspecified atom stereocenters. The Bertz CT molecular complexity index is 1110. The lowest BCUT2D eigenvalue weighted by Gasteiger charge is -2.08. The molecule has 28 heavy (non-hydrogen) atoms. The van der Waals surface area contributed by atoms with Gasteiger partial charge in [-0.25, -0.2) is 14.4 Å². The van der Waals surface area contributed by atoms with Crippen LogP contribution in [0.4, 0.5) is 4.39 Å². The summed E-state index contributed by atoms with van der Waals surface area (Å²) < 4.78 is 16.1. The van der Waals surface area contributed by atoms with Gasteiger partial charge in [-0.05, 0) is 26.2 Å². The molecule has 0 saturated carbocycles. The Morgan fingerprint density at radius 3 is 2.79 bits per heavy atom. The van der Waals surface area contributed by atoms with E-state index in [1.807, 2.05) is 43.3 Å². The van der Waals surface area contributed by atoms with Crippen molar-refractivity contribution in [3.63, 3.8) is 0 Å². The van der Waals surface area contributed by atoms with Gasteiger partial charge in [-0.15, -0.1) is 0 Å². The average Bonchev–Trinajstić information content (AvgIpc) is 3.32. The molecule has 1 aromatic carbocycles. The number of nitrogens with two attached hydrogens (primary N) is 1. The van der Waals surface area contributed by atoms with Crippen LogP contribution in [0.25, 0.3) is 33.5 Å². The fourth-order valence-electron chi connectivity index (χ4n) is 3.11. The minimum Gasteiger partial charge on any atom is -0.339 e. The topological polar surface area (TPSA) is 88.6 Å². The molecule has 3 heterocycles. The number of nitrogens with zero attached hydrogens (tertiary/aromatic N) is 5. The van der Waals surface area contributed by atoms with E-state index in [1.165, 1.54) is 12.4 Å². The molecular formula is C20H22FN7. The number of H-pyrrole nitrogens is 1. The number of aromatic amines is 1. The number of likely N-dealkylation sites (N-methyl/N-ethyl adjacent to an activating group) is 1. The molecule has 0 aliphatic heterocycles. The third-order valence-corrected chi connectivity index (χ3v) is 4.69. The number of halogens is 1. The summed E-state index contributed by atoms with van der Waals surface area (Å²) in [7, 11) is 4.07. The summed E-state index contributed by atoms with van der Waals surface area (Å²) in [6.07, 6.45) is 5.30. The zero-order valence-electron chi connectivity index (χ0n) is 15.9. The smallest absolute Gasteiger partial charge is 0.141 e. The zero-order valence-corrected chi connectivity index (χ0v) is 15.9. The van der Waals surface area contributed by atoms with E-state index in [9.17, 15) is 4.39 Å². The van der Waals surface area contributed by atoms with E-state index in [4.69, 9.17) is 5.73 Å². The number of nitrogens with one attached hydrogen (secondary N) is 1. The van der Waals surface area contributed by atoms with E-state index >= 15 is 0 Å². The number of rotatable bonds is 6. The van der Waals surface area contributed by atoms with Gasteiger partial charge in [0, 0.05) is 41.4 Å². The van der Waals surface area contributed by atoms with Crippen LogP contribution in [0.15, 0.2) is 43.0 Å².